The summed E-state index contributed by atoms with van der Waals surface area (Å²) >= 11 is 7.42. The van der Waals surface area contributed by atoms with Crippen molar-refractivity contribution in [1.29, 1.82) is 0 Å². The van der Waals surface area contributed by atoms with Gasteiger partial charge in [0.25, 0.3) is 5.91 Å². The minimum absolute atomic E-state index is 0.0873. The molecule has 3 rings (SSSR count). The van der Waals surface area contributed by atoms with E-state index in [4.69, 9.17) is 12.2 Å². The van der Waals surface area contributed by atoms with Crippen LogP contribution in [0.1, 0.15) is 27.7 Å². The molecular weight excluding hydrogens is 288 g/mol. The summed E-state index contributed by atoms with van der Waals surface area (Å²) in [6, 6.07) is 9.48. The average molecular weight is 306 g/mol. The highest BCUT2D eigenvalue weighted by Gasteiger charge is 2.62. The predicted octanol–water partition coefficient (Wildman–Crippen LogP) is 3.25. The Bertz CT molecular complexity index is 551. The molecule has 0 saturated carbocycles. The minimum Gasteiger partial charge on any atom is -0.321 e. The third kappa shape index (κ3) is 1.79. The van der Waals surface area contributed by atoms with Crippen LogP contribution in [0, 0.1) is 0 Å². The number of hydrogen-bond acceptors (Lipinski definition) is 3. The van der Waals surface area contributed by atoms with E-state index in [0.717, 1.165) is 5.69 Å². The van der Waals surface area contributed by atoms with Gasteiger partial charge in [-0.3, -0.25) is 9.69 Å². The summed E-state index contributed by atoms with van der Waals surface area (Å²) in [6.45, 7) is 8.51. The van der Waals surface area contributed by atoms with Gasteiger partial charge in [0.15, 0.2) is 5.11 Å². The van der Waals surface area contributed by atoms with E-state index in [9.17, 15) is 4.79 Å². The third-order valence-corrected chi connectivity index (χ3v) is 5.70. The normalized spacial score (nSPS) is 27.1. The van der Waals surface area contributed by atoms with Crippen molar-refractivity contribution >= 4 is 40.7 Å². The Morgan fingerprint density at radius 3 is 2.30 bits per heavy atom. The van der Waals surface area contributed by atoms with Crippen molar-refractivity contribution in [3.63, 3.8) is 0 Å². The number of carbonyl (C=O) groups excluding carboxylic acids is 1. The van der Waals surface area contributed by atoms with Crippen molar-refractivity contribution < 1.29 is 4.79 Å². The van der Waals surface area contributed by atoms with Crippen LogP contribution in [0.2, 0.25) is 0 Å². The Labute approximate surface area is 129 Å². The van der Waals surface area contributed by atoms with Crippen LogP contribution >= 0.6 is 24.0 Å². The summed E-state index contributed by atoms with van der Waals surface area (Å²) in [4.78, 5) is 16.5. The molecule has 0 bridgehead atoms. The standard InChI is InChI=1S/C15H18N2OS2/c1-14(2)11-12(18)16(10-8-6-5-7-9-10)13(19)17(11)15(3,4)20-14/h5-9,11H,1-4H3/t11-/m0/s1. The molecule has 5 heteroatoms. The Balaban J connectivity index is 2.08. The molecule has 2 saturated heterocycles. The number of thioether (sulfide) groups is 1. The summed E-state index contributed by atoms with van der Waals surface area (Å²) in [5.74, 6) is 0.0873. The second-order valence-corrected chi connectivity index (χ2v) is 8.84. The van der Waals surface area contributed by atoms with Crippen molar-refractivity contribution in [2.75, 3.05) is 4.90 Å². The zero-order valence-electron chi connectivity index (χ0n) is 12.1. The molecule has 0 unspecified atom stereocenters. The lowest BCUT2D eigenvalue weighted by atomic mass is 10.0. The Morgan fingerprint density at radius 2 is 1.75 bits per heavy atom. The van der Waals surface area contributed by atoms with Crippen molar-refractivity contribution in [1.82, 2.24) is 4.90 Å². The van der Waals surface area contributed by atoms with Crippen LogP contribution in [0.25, 0.3) is 0 Å². The van der Waals surface area contributed by atoms with Crippen molar-refractivity contribution in [3.05, 3.63) is 30.3 Å². The van der Waals surface area contributed by atoms with Crippen LogP contribution in [-0.4, -0.2) is 31.6 Å². The monoisotopic (exact) mass is 306 g/mol. The lowest BCUT2D eigenvalue weighted by molar-refractivity contribution is -0.120. The molecule has 2 heterocycles. The molecule has 0 spiro atoms. The topological polar surface area (TPSA) is 23.6 Å². The van der Waals surface area contributed by atoms with Crippen molar-refractivity contribution in [2.45, 2.75) is 43.4 Å². The van der Waals surface area contributed by atoms with Crippen LogP contribution in [-0.2, 0) is 4.79 Å². The van der Waals surface area contributed by atoms with E-state index in [0.29, 0.717) is 5.11 Å². The van der Waals surface area contributed by atoms with Crippen LogP contribution in [0.5, 0.6) is 0 Å². The molecule has 0 aromatic heterocycles. The zero-order chi connectivity index (χ0) is 14.7. The highest BCUT2D eigenvalue weighted by molar-refractivity contribution is 8.02. The number of rotatable bonds is 1. The molecule has 1 amide bonds. The lowest BCUT2D eigenvalue weighted by Gasteiger charge is -2.31. The number of para-hydroxylation sites is 1. The summed E-state index contributed by atoms with van der Waals surface area (Å²) < 4.78 is -0.145. The van der Waals surface area contributed by atoms with Gasteiger partial charge < -0.3 is 4.90 Å². The Hall–Kier alpha value is -1.07. The Morgan fingerprint density at radius 1 is 1.15 bits per heavy atom. The summed E-state index contributed by atoms with van der Waals surface area (Å²) in [5, 5.41) is 0.620. The molecule has 0 N–H and O–H groups in total. The van der Waals surface area contributed by atoms with Crippen molar-refractivity contribution in [2.24, 2.45) is 0 Å². The maximum atomic E-state index is 12.9. The number of anilines is 1. The van der Waals surface area contributed by atoms with Gasteiger partial charge in [-0.2, -0.15) is 0 Å². The third-order valence-electron chi connectivity index (χ3n) is 3.88. The largest absolute Gasteiger partial charge is 0.321 e. The van der Waals surface area contributed by atoms with E-state index in [1.807, 2.05) is 42.1 Å². The van der Waals surface area contributed by atoms with Gasteiger partial charge in [0.2, 0.25) is 0 Å². The van der Waals surface area contributed by atoms with Gasteiger partial charge in [-0.1, -0.05) is 18.2 Å². The maximum Gasteiger partial charge on any atom is 0.257 e. The molecule has 1 atom stereocenters. The molecule has 1 aromatic carbocycles. The number of hydrogen-bond donors (Lipinski definition) is 0. The van der Waals surface area contributed by atoms with Crippen molar-refractivity contribution in [3.8, 4) is 0 Å². The summed E-state index contributed by atoms with van der Waals surface area (Å²) in [7, 11) is 0. The lowest BCUT2D eigenvalue weighted by Crippen LogP contribution is -2.45. The zero-order valence-corrected chi connectivity index (χ0v) is 13.7. The van der Waals surface area contributed by atoms with Crippen LogP contribution in [0.4, 0.5) is 5.69 Å². The fourth-order valence-corrected chi connectivity index (χ4v) is 5.74. The molecule has 0 aliphatic carbocycles. The smallest absolute Gasteiger partial charge is 0.257 e. The SMILES string of the molecule is CC1(C)SC(C)(C)N2C(=S)N(c3ccccc3)C(=O)[C@H]21. The second-order valence-electron chi connectivity index (χ2n) is 6.22. The van der Waals surface area contributed by atoms with E-state index < -0.39 is 0 Å². The van der Waals surface area contributed by atoms with E-state index in [-0.39, 0.29) is 21.6 Å². The molecule has 0 radical (unpaired) electrons. The van der Waals surface area contributed by atoms with Gasteiger partial charge in [0.1, 0.15) is 6.04 Å². The molecule has 106 valence electrons. The predicted molar refractivity (Wildman–Crippen MR) is 87.9 cm³/mol. The number of nitrogens with zero attached hydrogens (tertiary/aromatic N) is 2. The van der Waals surface area contributed by atoms with Gasteiger partial charge >= 0.3 is 0 Å². The molecule has 2 aliphatic heterocycles. The van der Waals surface area contributed by atoms with Gasteiger partial charge in [-0.15, -0.1) is 11.8 Å². The molecule has 1 aromatic rings. The van der Waals surface area contributed by atoms with Gasteiger partial charge in [-0.05, 0) is 52.0 Å². The number of carbonyl (C=O) groups is 1. The first-order valence-electron chi connectivity index (χ1n) is 6.68. The van der Waals surface area contributed by atoms with Crippen LogP contribution in [0.3, 0.4) is 0 Å². The first kappa shape index (κ1) is 13.9. The number of fused-ring (bicyclic) bond motifs is 1. The molecule has 3 nitrogen and oxygen atoms in total. The average Bonchev–Trinajstić information content (AvgIpc) is 2.72. The highest BCUT2D eigenvalue weighted by atomic mass is 32.2. The Kier molecular flexibility index (Phi) is 2.93. The fraction of sp³-hybridized carbons (Fsp3) is 0.467. The van der Waals surface area contributed by atoms with Gasteiger partial charge in [-0.25, -0.2) is 0 Å². The maximum absolute atomic E-state index is 12.9. The van der Waals surface area contributed by atoms with Crippen LogP contribution in [0.15, 0.2) is 30.3 Å². The first-order chi connectivity index (χ1) is 9.26. The minimum atomic E-state index is -0.185. The van der Waals surface area contributed by atoms with Gasteiger partial charge in [0.05, 0.1) is 10.6 Å². The molecular formula is C15H18N2OS2. The second kappa shape index (κ2) is 4.21. The molecule has 20 heavy (non-hydrogen) atoms. The summed E-state index contributed by atoms with van der Waals surface area (Å²) in [6.07, 6.45) is 0. The van der Waals surface area contributed by atoms with E-state index in [1.165, 1.54) is 0 Å². The van der Waals surface area contributed by atoms with Gasteiger partial charge in [0, 0.05) is 4.75 Å². The van der Waals surface area contributed by atoms with E-state index in [2.05, 4.69) is 32.6 Å². The van der Waals surface area contributed by atoms with Crippen LogP contribution < -0.4 is 4.90 Å². The first-order valence-corrected chi connectivity index (χ1v) is 7.91. The fourth-order valence-electron chi connectivity index (χ4n) is 3.26. The highest BCUT2D eigenvalue weighted by Crippen LogP contribution is 2.54. The quantitative estimate of drug-likeness (QED) is 0.743. The number of thiocarbonyl (C=S) groups is 1. The van der Waals surface area contributed by atoms with E-state index in [1.54, 1.807) is 4.90 Å². The number of benzene rings is 1. The molecule has 2 aliphatic rings. The van der Waals surface area contributed by atoms with E-state index >= 15 is 0 Å². The summed E-state index contributed by atoms with van der Waals surface area (Å²) in [5.41, 5.74) is 0.855. The molecule has 2 fully saturated rings. The number of amides is 1.